The first-order valence-corrected chi connectivity index (χ1v) is 12.1. The minimum Gasteiger partial charge on any atom is -0.468 e. The molecule has 0 saturated heterocycles. The van der Waals surface area contributed by atoms with Gasteiger partial charge in [0.25, 0.3) is 5.56 Å². The summed E-state index contributed by atoms with van der Waals surface area (Å²) >= 11 is 18.7. The van der Waals surface area contributed by atoms with Crippen molar-refractivity contribution >= 4 is 51.9 Å². The van der Waals surface area contributed by atoms with Crippen LogP contribution in [0.15, 0.2) is 82.4 Å². The molecule has 2 aromatic heterocycles. The summed E-state index contributed by atoms with van der Waals surface area (Å²) in [5, 5.41) is 1.12. The zero-order chi connectivity index (χ0) is 26.3. The van der Waals surface area contributed by atoms with Gasteiger partial charge in [-0.2, -0.15) is 0 Å². The van der Waals surface area contributed by atoms with E-state index in [-0.39, 0.29) is 22.0 Å². The molecule has 3 aromatic carbocycles. The maximum atomic E-state index is 14.2. The standard InChI is InChI=1S/C26H17Cl3N4O4/c1-37-21(34)14-31-22-24(33(26(31)36)17-5-3-2-4-6-17)30-23(19-12-9-16(28)13-20(19)29)32(25(22)35)18-10-7-15(27)8-11-18/h2-13H,14H2,1H3. The van der Waals surface area contributed by atoms with E-state index < -0.39 is 23.8 Å². The van der Waals surface area contributed by atoms with Crippen LogP contribution in [-0.4, -0.2) is 31.8 Å². The molecule has 5 aromatic rings. The molecule has 0 aliphatic carbocycles. The third-order valence-corrected chi connectivity index (χ3v) is 6.53. The van der Waals surface area contributed by atoms with E-state index in [1.54, 1.807) is 66.7 Å². The number of esters is 1. The Bertz CT molecular complexity index is 1770. The van der Waals surface area contributed by atoms with Gasteiger partial charge in [-0.1, -0.05) is 53.0 Å². The summed E-state index contributed by atoms with van der Waals surface area (Å²) < 4.78 is 8.43. The van der Waals surface area contributed by atoms with Crippen molar-refractivity contribution in [1.29, 1.82) is 0 Å². The van der Waals surface area contributed by atoms with Crippen LogP contribution < -0.4 is 11.2 Å². The Balaban J connectivity index is 1.97. The highest BCUT2D eigenvalue weighted by Gasteiger charge is 2.26. The van der Waals surface area contributed by atoms with Crippen LogP contribution in [0, 0.1) is 0 Å². The molecule has 0 unspecified atom stereocenters. The number of methoxy groups -OCH3 is 1. The summed E-state index contributed by atoms with van der Waals surface area (Å²) in [5.74, 6) is -0.530. The Kier molecular flexibility index (Phi) is 6.64. The van der Waals surface area contributed by atoms with Crippen molar-refractivity contribution in [3.63, 3.8) is 0 Å². The average Bonchev–Trinajstić information content (AvgIpc) is 3.16. The maximum Gasteiger partial charge on any atom is 0.335 e. The second kappa shape index (κ2) is 9.89. The van der Waals surface area contributed by atoms with Crippen molar-refractivity contribution in [1.82, 2.24) is 18.7 Å². The number of imidazole rings is 1. The number of rotatable bonds is 5. The zero-order valence-electron chi connectivity index (χ0n) is 19.2. The largest absolute Gasteiger partial charge is 0.468 e. The quantitative estimate of drug-likeness (QED) is 0.280. The van der Waals surface area contributed by atoms with Gasteiger partial charge in [-0.05, 0) is 54.6 Å². The average molecular weight is 556 g/mol. The van der Waals surface area contributed by atoms with E-state index in [0.29, 0.717) is 27.0 Å². The van der Waals surface area contributed by atoms with Gasteiger partial charge in [0.05, 0.1) is 23.5 Å². The van der Waals surface area contributed by atoms with Gasteiger partial charge in [0.15, 0.2) is 17.0 Å². The fourth-order valence-electron chi connectivity index (χ4n) is 4.03. The van der Waals surface area contributed by atoms with Crippen LogP contribution in [0.5, 0.6) is 0 Å². The third-order valence-electron chi connectivity index (χ3n) is 5.73. The lowest BCUT2D eigenvalue weighted by atomic mass is 10.2. The number of halogens is 3. The molecule has 0 spiro atoms. The third kappa shape index (κ3) is 4.44. The van der Waals surface area contributed by atoms with Crippen LogP contribution >= 0.6 is 34.8 Å². The van der Waals surface area contributed by atoms with Crippen LogP contribution in [0.3, 0.4) is 0 Å². The van der Waals surface area contributed by atoms with Crippen molar-refractivity contribution in [2.75, 3.05) is 7.11 Å². The highest BCUT2D eigenvalue weighted by atomic mass is 35.5. The Hall–Kier alpha value is -3.85. The molecule has 0 aliphatic rings. The van der Waals surface area contributed by atoms with E-state index >= 15 is 0 Å². The van der Waals surface area contributed by atoms with Gasteiger partial charge in [-0.3, -0.25) is 18.7 Å². The summed E-state index contributed by atoms with van der Waals surface area (Å²) in [6.45, 7) is -0.482. The van der Waals surface area contributed by atoms with Crippen molar-refractivity contribution < 1.29 is 9.53 Å². The minimum atomic E-state index is -0.698. The van der Waals surface area contributed by atoms with E-state index in [9.17, 15) is 14.4 Å². The Morgan fingerprint density at radius 1 is 0.865 bits per heavy atom. The lowest BCUT2D eigenvalue weighted by Crippen LogP contribution is -2.29. The molecule has 0 amide bonds. The number of para-hydroxylation sites is 1. The zero-order valence-corrected chi connectivity index (χ0v) is 21.5. The molecule has 186 valence electrons. The smallest absolute Gasteiger partial charge is 0.335 e. The predicted molar refractivity (Wildman–Crippen MR) is 143 cm³/mol. The number of ether oxygens (including phenoxy) is 1. The van der Waals surface area contributed by atoms with E-state index in [1.807, 2.05) is 0 Å². The fraction of sp³-hybridized carbons (Fsp3) is 0.0769. The van der Waals surface area contributed by atoms with Crippen LogP contribution in [0.4, 0.5) is 0 Å². The number of carbonyl (C=O) groups excluding carboxylic acids is 1. The Labute approximate surface area is 224 Å². The minimum absolute atomic E-state index is 0.0522. The van der Waals surface area contributed by atoms with Crippen molar-refractivity contribution in [3.05, 3.63) is 109 Å². The number of carbonyl (C=O) groups is 1. The first-order chi connectivity index (χ1) is 17.8. The summed E-state index contributed by atoms with van der Waals surface area (Å²) in [4.78, 5) is 44.8. The molecule has 0 saturated carbocycles. The molecule has 0 aliphatic heterocycles. The lowest BCUT2D eigenvalue weighted by Gasteiger charge is -2.15. The van der Waals surface area contributed by atoms with Gasteiger partial charge in [0, 0.05) is 15.6 Å². The van der Waals surface area contributed by atoms with Gasteiger partial charge in [-0.15, -0.1) is 0 Å². The van der Waals surface area contributed by atoms with E-state index in [0.717, 1.165) is 4.57 Å². The van der Waals surface area contributed by atoms with Crippen LogP contribution in [-0.2, 0) is 16.1 Å². The van der Waals surface area contributed by atoms with E-state index in [4.69, 9.17) is 44.5 Å². The summed E-state index contributed by atoms with van der Waals surface area (Å²) in [7, 11) is 1.20. The molecule has 8 nitrogen and oxygen atoms in total. The number of benzene rings is 3. The van der Waals surface area contributed by atoms with E-state index in [2.05, 4.69) is 0 Å². The molecule has 2 heterocycles. The van der Waals surface area contributed by atoms with Gasteiger partial charge in [0.2, 0.25) is 0 Å². The van der Waals surface area contributed by atoms with Gasteiger partial charge >= 0.3 is 11.7 Å². The van der Waals surface area contributed by atoms with Crippen LogP contribution in [0.25, 0.3) is 33.9 Å². The van der Waals surface area contributed by atoms with Gasteiger partial charge < -0.3 is 4.74 Å². The molecule has 37 heavy (non-hydrogen) atoms. The summed E-state index contributed by atoms with van der Waals surface area (Å²) in [6.07, 6.45) is 0. The normalized spacial score (nSPS) is 11.1. The lowest BCUT2D eigenvalue weighted by molar-refractivity contribution is -0.141. The molecule has 0 radical (unpaired) electrons. The second-order valence-corrected chi connectivity index (χ2v) is 9.24. The van der Waals surface area contributed by atoms with Gasteiger partial charge in [-0.25, -0.2) is 14.3 Å². The topological polar surface area (TPSA) is 88.1 Å². The van der Waals surface area contributed by atoms with Crippen molar-refractivity contribution in [2.45, 2.75) is 6.54 Å². The highest BCUT2D eigenvalue weighted by Crippen LogP contribution is 2.31. The van der Waals surface area contributed by atoms with Crippen molar-refractivity contribution in [3.8, 4) is 22.8 Å². The number of hydrogen-bond donors (Lipinski definition) is 0. The van der Waals surface area contributed by atoms with Crippen LogP contribution in [0.2, 0.25) is 15.1 Å². The molecule has 0 N–H and O–H groups in total. The SMILES string of the molecule is COC(=O)Cn1c(=O)n(-c2ccccc2)c2nc(-c3ccc(Cl)cc3Cl)n(-c3ccc(Cl)cc3)c(=O)c21. The molecular formula is C26H17Cl3N4O4. The first kappa shape index (κ1) is 24.8. The molecule has 11 heteroatoms. The van der Waals surface area contributed by atoms with E-state index in [1.165, 1.54) is 22.3 Å². The second-order valence-electron chi connectivity index (χ2n) is 7.96. The Morgan fingerprint density at radius 3 is 2.16 bits per heavy atom. The number of fused-ring (bicyclic) bond motifs is 1. The fourth-order valence-corrected chi connectivity index (χ4v) is 4.65. The highest BCUT2D eigenvalue weighted by molar-refractivity contribution is 6.36. The molecular weight excluding hydrogens is 539 g/mol. The number of nitrogens with zero attached hydrogens (tertiary/aromatic N) is 4. The number of hydrogen-bond acceptors (Lipinski definition) is 5. The molecule has 0 bridgehead atoms. The summed E-state index contributed by atoms with van der Waals surface area (Å²) in [6, 6.07) is 20.0. The first-order valence-electron chi connectivity index (χ1n) is 10.9. The molecule has 0 fully saturated rings. The van der Waals surface area contributed by atoms with Crippen LogP contribution in [0.1, 0.15) is 0 Å². The monoisotopic (exact) mass is 554 g/mol. The summed E-state index contributed by atoms with van der Waals surface area (Å²) in [5.41, 5.74) is 0.0501. The molecule has 5 rings (SSSR count). The van der Waals surface area contributed by atoms with Crippen molar-refractivity contribution in [2.24, 2.45) is 0 Å². The molecule has 0 atom stereocenters. The predicted octanol–water partition coefficient (Wildman–Crippen LogP) is 5.14. The van der Waals surface area contributed by atoms with Gasteiger partial charge in [0.1, 0.15) is 6.54 Å². The Morgan fingerprint density at radius 2 is 1.51 bits per heavy atom. The number of aromatic nitrogens is 4. The maximum absolute atomic E-state index is 14.2.